The summed E-state index contributed by atoms with van der Waals surface area (Å²) in [5.74, 6) is 1.83. The minimum atomic E-state index is -0.100. The van der Waals surface area contributed by atoms with E-state index < -0.39 is 0 Å². The molecule has 27 heavy (non-hydrogen) atoms. The molecule has 7 heteroatoms. The Labute approximate surface area is 159 Å². The molecule has 0 saturated heterocycles. The maximum atomic E-state index is 12.0. The van der Waals surface area contributed by atoms with Crippen LogP contribution in [0.4, 0.5) is 5.69 Å². The first-order valence-corrected chi connectivity index (χ1v) is 8.79. The zero-order valence-corrected chi connectivity index (χ0v) is 15.9. The van der Waals surface area contributed by atoms with Gasteiger partial charge in [0.15, 0.2) is 17.5 Å². The normalized spacial score (nSPS) is 10.9. The first-order valence-electron chi connectivity index (χ1n) is 8.79. The number of hydrogen-bond donors (Lipinski definition) is 3. The van der Waals surface area contributed by atoms with Crippen LogP contribution in [0.25, 0.3) is 0 Å². The van der Waals surface area contributed by atoms with Crippen molar-refractivity contribution in [3.05, 3.63) is 54.1 Å². The first-order chi connectivity index (χ1) is 13.2. The predicted molar refractivity (Wildman–Crippen MR) is 108 cm³/mol. The van der Waals surface area contributed by atoms with Crippen molar-refractivity contribution in [2.24, 2.45) is 4.99 Å². The molecule has 144 valence electrons. The Bertz CT molecular complexity index is 763. The van der Waals surface area contributed by atoms with E-state index in [0.717, 1.165) is 5.69 Å². The molecule has 0 bridgehead atoms. The molecule has 1 amide bonds. The third kappa shape index (κ3) is 6.22. The number of rotatable bonds is 8. The van der Waals surface area contributed by atoms with Crippen LogP contribution in [0.5, 0.6) is 11.5 Å². The van der Waals surface area contributed by atoms with Crippen LogP contribution in [0.3, 0.4) is 0 Å². The summed E-state index contributed by atoms with van der Waals surface area (Å²) in [6.45, 7) is 3.50. The zero-order chi connectivity index (χ0) is 19.5. The van der Waals surface area contributed by atoms with Crippen LogP contribution in [0.15, 0.2) is 53.5 Å². The third-order valence-corrected chi connectivity index (χ3v) is 3.69. The molecule has 0 saturated carbocycles. The van der Waals surface area contributed by atoms with E-state index >= 15 is 0 Å². The molecule has 7 nitrogen and oxygen atoms in total. The van der Waals surface area contributed by atoms with Crippen molar-refractivity contribution in [3.63, 3.8) is 0 Å². The second kappa shape index (κ2) is 10.7. The van der Waals surface area contributed by atoms with Crippen LogP contribution in [0.2, 0.25) is 0 Å². The number of benzene rings is 2. The molecule has 0 aliphatic rings. The number of aliphatic imine (C=N–C) groups is 1. The largest absolute Gasteiger partial charge is 0.493 e. The maximum Gasteiger partial charge on any atom is 0.251 e. The fraction of sp³-hybridized carbons (Fsp3) is 0.300. The van der Waals surface area contributed by atoms with Gasteiger partial charge in [0, 0.05) is 37.5 Å². The van der Waals surface area contributed by atoms with Gasteiger partial charge >= 0.3 is 0 Å². The number of carbonyl (C=O) groups is 1. The highest BCUT2D eigenvalue weighted by molar-refractivity contribution is 5.95. The van der Waals surface area contributed by atoms with Crippen molar-refractivity contribution in [2.45, 2.75) is 6.92 Å². The van der Waals surface area contributed by atoms with E-state index in [1.807, 2.05) is 43.3 Å². The fourth-order valence-corrected chi connectivity index (χ4v) is 2.38. The van der Waals surface area contributed by atoms with Crippen LogP contribution in [0, 0.1) is 0 Å². The van der Waals surface area contributed by atoms with E-state index in [-0.39, 0.29) is 5.91 Å². The quantitative estimate of drug-likeness (QED) is 0.378. The maximum absolute atomic E-state index is 12.0. The number of anilines is 1. The molecule has 0 aromatic heterocycles. The SMILES string of the molecule is CCOc1ccc(NC(=NC)NCCNC(=O)c2ccccc2)cc1OC. The molecule has 0 fully saturated rings. The molecule has 2 aromatic carbocycles. The number of nitrogens with zero attached hydrogens (tertiary/aromatic N) is 1. The smallest absolute Gasteiger partial charge is 0.251 e. The lowest BCUT2D eigenvalue weighted by Gasteiger charge is -2.14. The molecule has 2 rings (SSSR count). The zero-order valence-electron chi connectivity index (χ0n) is 15.9. The van der Waals surface area contributed by atoms with Crippen molar-refractivity contribution in [1.82, 2.24) is 10.6 Å². The van der Waals surface area contributed by atoms with Gasteiger partial charge in [-0.15, -0.1) is 0 Å². The number of hydrogen-bond acceptors (Lipinski definition) is 4. The number of ether oxygens (including phenoxy) is 2. The Morgan fingerprint density at radius 3 is 2.44 bits per heavy atom. The number of amides is 1. The topological polar surface area (TPSA) is 84.0 Å². The van der Waals surface area contributed by atoms with Crippen molar-refractivity contribution < 1.29 is 14.3 Å². The Morgan fingerprint density at radius 2 is 1.78 bits per heavy atom. The number of methoxy groups -OCH3 is 1. The molecule has 3 N–H and O–H groups in total. The monoisotopic (exact) mass is 370 g/mol. The van der Waals surface area contributed by atoms with Crippen LogP contribution >= 0.6 is 0 Å². The summed E-state index contributed by atoms with van der Waals surface area (Å²) in [6, 6.07) is 14.7. The number of guanidine groups is 1. The van der Waals surface area contributed by atoms with Crippen LogP contribution in [-0.4, -0.2) is 45.7 Å². The first kappa shape index (κ1) is 20.1. The summed E-state index contributed by atoms with van der Waals surface area (Å²) in [5, 5.41) is 9.20. The fourth-order valence-electron chi connectivity index (χ4n) is 2.38. The van der Waals surface area contributed by atoms with Crippen LogP contribution in [-0.2, 0) is 0 Å². The minimum absolute atomic E-state index is 0.100. The lowest BCUT2D eigenvalue weighted by atomic mass is 10.2. The Balaban J connectivity index is 1.83. The van der Waals surface area contributed by atoms with Crippen molar-refractivity contribution in [1.29, 1.82) is 0 Å². The summed E-state index contributed by atoms with van der Waals surface area (Å²) >= 11 is 0. The van der Waals surface area contributed by atoms with E-state index in [0.29, 0.717) is 42.7 Å². The molecule has 2 aromatic rings. The Hall–Kier alpha value is -3.22. The highest BCUT2D eigenvalue weighted by Gasteiger charge is 2.07. The molecule has 0 heterocycles. The van der Waals surface area contributed by atoms with Gasteiger partial charge in [-0.1, -0.05) is 18.2 Å². The molecule has 0 spiro atoms. The third-order valence-electron chi connectivity index (χ3n) is 3.69. The summed E-state index contributed by atoms with van der Waals surface area (Å²) in [4.78, 5) is 16.2. The summed E-state index contributed by atoms with van der Waals surface area (Å²) in [7, 11) is 3.29. The minimum Gasteiger partial charge on any atom is -0.493 e. The van der Waals surface area contributed by atoms with E-state index in [1.54, 1.807) is 26.3 Å². The van der Waals surface area contributed by atoms with E-state index in [4.69, 9.17) is 9.47 Å². The van der Waals surface area contributed by atoms with Gasteiger partial charge < -0.3 is 25.4 Å². The molecule has 0 atom stereocenters. The van der Waals surface area contributed by atoms with Gasteiger partial charge in [-0.25, -0.2) is 0 Å². The average Bonchev–Trinajstić information content (AvgIpc) is 2.71. The summed E-state index contributed by atoms with van der Waals surface area (Å²) in [5.41, 5.74) is 1.46. The number of carbonyl (C=O) groups excluding carboxylic acids is 1. The van der Waals surface area contributed by atoms with Gasteiger partial charge in [-0.2, -0.15) is 0 Å². The van der Waals surface area contributed by atoms with Crippen LogP contribution in [0.1, 0.15) is 17.3 Å². The van der Waals surface area contributed by atoms with Gasteiger partial charge in [0.1, 0.15) is 0 Å². The highest BCUT2D eigenvalue weighted by atomic mass is 16.5. The number of nitrogens with one attached hydrogen (secondary N) is 3. The molecule has 0 aliphatic carbocycles. The molecular formula is C20H26N4O3. The van der Waals surface area contributed by atoms with Crippen molar-refractivity contribution in [3.8, 4) is 11.5 Å². The van der Waals surface area contributed by atoms with Gasteiger partial charge in [-0.05, 0) is 31.2 Å². The van der Waals surface area contributed by atoms with Crippen molar-refractivity contribution in [2.75, 3.05) is 39.2 Å². The van der Waals surface area contributed by atoms with Crippen LogP contribution < -0.4 is 25.4 Å². The molecule has 0 unspecified atom stereocenters. The summed E-state index contributed by atoms with van der Waals surface area (Å²) < 4.78 is 10.9. The van der Waals surface area contributed by atoms with E-state index in [1.165, 1.54) is 0 Å². The molecular weight excluding hydrogens is 344 g/mol. The highest BCUT2D eigenvalue weighted by Crippen LogP contribution is 2.30. The van der Waals surface area contributed by atoms with E-state index in [2.05, 4.69) is 20.9 Å². The molecule has 0 radical (unpaired) electrons. The summed E-state index contributed by atoms with van der Waals surface area (Å²) in [6.07, 6.45) is 0. The average molecular weight is 370 g/mol. The lowest BCUT2D eigenvalue weighted by molar-refractivity contribution is 0.0954. The second-order valence-electron chi connectivity index (χ2n) is 5.54. The predicted octanol–water partition coefficient (Wildman–Crippen LogP) is 2.51. The van der Waals surface area contributed by atoms with Gasteiger partial charge in [0.05, 0.1) is 13.7 Å². The molecule has 0 aliphatic heterocycles. The van der Waals surface area contributed by atoms with Gasteiger partial charge in [0.25, 0.3) is 5.91 Å². The van der Waals surface area contributed by atoms with Gasteiger partial charge in [-0.3, -0.25) is 9.79 Å². The van der Waals surface area contributed by atoms with E-state index in [9.17, 15) is 4.79 Å². The van der Waals surface area contributed by atoms with Gasteiger partial charge in [0.2, 0.25) is 0 Å². The Morgan fingerprint density at radius 1 is 1.04 bits per heavy atom. The Kier molecular flexibility index (Phi) is 7.96. The van der Waals surface area contributed by atoms with Crippen molar-refractivity contribution >= 4 is 17.6 Å². The lowest BCUT2D eigenvalue weighted by Crippen LogP contribution is -2.37. The second-order valence-corrected chi connectivity index (χ2v) is 5.54. The standard InChI is InChI=1S/C20H26N4O3/c1-4-27-17-11-10-16(14-18(17)26-3)24-20(21-2)23-13-12-22-19(25)15-8-6-5-7-9-15/h5-11,14H,4,12-13H2,1-3H3,(H,22,25)(H2,21,23,24).